The fourth-order valence-corrected chi connectivity index (χ4v) is 2.70. The highest BCUT2D eigenvalue weighted by Gasteiger charge is 2.48. The highest BCUT2D eigenvalue weighted by atomic mass is 16.6. The summed E-state index contributed by atoms with van der Waals surface area (Å²) in [6.07, 6.45) is 8.05. The van der Waals surface area contributed by atoms with Crippen LogP contribution in [0.4, 0.5) is 0 Å². The third-order valence-corrected chi connectivity index (χ3v) is 3.59. The predicted molar refractivity (Wildman–Crippen MR) is 50.3 cm³/mol. The van der Waals surface area contributed by atoms with Crippen LogP contribution >= 0.6 is 0 Å². The van der Waals surface area contributed by atoms with E-state index >= 15 is 0 Å². The van der Waals surface area contributed by atoms with Gasteiger partial charge in [0.25, 0.3) is 0 Å². The number of cyclic esters (lactones) is 1. The molecule has 2 heteroatoms. The molecule has 1 atom stereocenters. The molecule has 1 heterocycles. The van der Waals surface area contributed by atoms with Crippen LogP contribution in [0.15, 0.2) is 0 Å². The van der Waals surface area contributed by atoms with Crippen LogP contribution in [0, 0.1) is 5.41 Å². The van der Waals surface area contributed by atoms with Crippen LogP contribution in [0.2, 0.25) is 0 Å². The standard InChI is InChI=1S/C11H18O2/c1-2-9-8-11(10(12)13-9)6-4-3-5-7-11/h9H,2-8H2,1H3. The highest BCUT2D eigenvalue weighted by Crippen LogP contribution is 2.46. The third-order valence-electron chi connectivity index (χ3n) is 3.59. The van der Waals surface area contributed by atoms with Crippen LogP contribution in [0.5, 0.6) is 0 Å². The number of ether oxygens (including phenoxy) is 1. The molecule has 2 rings (SSSR count). The van der Waals surface area contributed by atoms with Crippen LogP contribution in [0.1, 0.15) is 51.9 Å². The van der Waals surface area contributed by atoms with Crippen LogP contribution < -0.4 is 0 Å². The number of hydrogen-bond donors (Lipinski definition) is 0. The summed E-state index contributed by atoms with van der Waals surface area (Å²) in [5, 5.41) is 0. The minimum atomic E-state index is -0.0566. The molecule has 1 aliphatic carbocycles. The molecule has 0 N–H and O–H groups in total. The third kappa shape index (κ3) is 1.47. The van der Waals surface area contributed by atoms with Gasteiger partial charge in [-0.05, 0) is 19.3 Å². The normalized spacial score (nSPS) is 32.1. The first-order chi connectivity index (χ1) is 6.27. The smallest absolute Gasteiger partial charge is 0.312 e. The number of hydrogen-bond acceptors (Lipinski definition) is 2. The molecule has 0 radical (unpaired) electrons. The van der Waals surface area contributed by atoms with E-state index in [2.05, 4.69) is 6.92 Å². The van der Waals surface area contributed by atoms with Gasteiger partial charge in [-0.15, -0.1) is 0 Å². The molecule has 0 aromatic rings. The first-order valence-corrected chi connectivity index (χ1v) is 5.48. The van der Waals surface area contributed by atoms with Gasteiger partial charge in [-0.3, -0.25) is 4.79 Å². The van der Waals surface area contributed by atoms with Crippen molar-refractivity contribution in [3.05, 3.63) is 0 Å². The van der Waals surface area contributed by atoms with Gasteiger partial charge in [-0.1, -0.05) is 26.2 Å². The minimum absolute atomic E-state index is 0.0566. The number of carbonyl (C=O) groups excluding carboxylic acids is 1. The zero-order valence-electron chi connectivity index (χ0n) is 8.34. The molecule has 2 aliphatic rings. The first-order valence-electron chi connectivity index (χ1n) is 5.48. The molecule has 13 heavy (non-hydrogen) atoms. The average molecular weight is 182 g/mol. The lowest BCUT2D eigenvalue weighted by Gasteiger charge is -2.28. The Labute approximate surface area is 79.7 Å². The molecule has 1 aliphatic heterocycles. The molecular formula is C11H18O2. The van der Waals surface area contributed by atoms with E-state index < -0.39 is 0 Å². The maximum absolute atomic E-state index is 11.7. The van der Waals surface area contributed by atoms with Crippen molar-refractivity contribution in [2.24, 2.45) is 5.41 Å². The molecule has 1 saturated carbocycles. The Balaban J connectivity index is 2.08. The number of rotatable bonds is 1. The molecule has 2 nitrogen and oxygen atoms in total. The Morgan fingerprint density at radius 1 is 1.38 bits per heavy atom. The maximum Gasteiger partial charge on any atom is 0.312 e. The van der Waals surface area contributed by atoms with Crippen molar-refractivity contribution in [3.8, 4) is 0 Å². The molecule has 74 valence electrons. The second-order valence-corrected chi connectivity index (χ2v) is 4.48. The van der Waals surface area contributed by atoms with Gasteiger partial charge < -0.3 is 4.74 Å². The van der Waals surface area contributed by atoms with E-state index in [1.54, 1.807) is 0 Å². The van der Waals surface area contributed by atoms with Gasteiger partial charge >= 0.3 is 5.97 Å². The van der Waals surface area contributed by atoms with Crippen LogP contribution in [0.3, 0.4) is 0 Å². The van der Waals surface area contributed by atoms with Crippen molar-refractivity contribution < 1.29 is 9.53 Å². The van der Waals surface area contributed by atoms with Gasteiger partial charge in [0.1, 0.15) is 6.10 Å². The summed E-state index contributed by atoms with van der Waals surface area (Å²) in [5.74, 6) is 0.0963. The van der Waals surface area contributed by atoms with Gasteiger partial charge in [-0.25, -0.2) is 0 Å². The fourth-order valence-electron chi connectivity index (χ4n) is 2.70. The van der Waals surface area contributed by atoms with Gasteiger partial charge in [0, 0.05) is 6.42 Å². The van der Waals surface area contributed by atoms with Crippen LogP contribution in [-0.4, -0.2) is 12.1 Å². The largest absolute Gasteiger partial charge is 0.462 e. The lowest BCUT2D eigenvalue weighted by molar-refractivity contribution is -0.150. The second-order valence-electron chi connectivity index (χ2n) is 4.48. The second kappa shape index (κ2) is 3.32. The summed E-state index contributed by atoms with van der Waals surface area (Å²) in [5.41, 5.74) is -0.0566. The number of carbonyl (C=O) groups is 1. The maximum atomic E-state index is 11.7. The Kier molecular flexibility index (Phi) is 2.31. The SMILES string of the molecule is CCC1CC2(CCCCC2)C(=O)O1. The van der Waals surface area contributed by atoms with Gasteiger partial charge in [-0.2, -0.15) is 0 Å². The van der Waals surface area contributed by atoms with Crippen molar-refractivity contribution in [2.45, 2.75) is 58.0 Å². The summed E-state index contributed by atoms with van der Waals surface area (Å²) < 4.78 is 5.36. The van der Waals surface area contributed by atoms with Crippen molar-refractivity contribution in [1.82, 2.24) is 0 Å². The summed E-state index contributed by atoms with van der Waals surface area (Å²) in [7, 11) is 0. The van der Waals surface area contributed by atoms with E-state index in [9.17, 15) is 4.79 Å². The lowest BCUT2D eigenvalue weighted by atomic mass is 9.72. The molecule has 0 bridgehead atoms. The van der Waals surface area contributed by atoms with E-state index in [0.29, 0.717) is 0 Å². The predicted octanol–water partition coefficient (Wildman–Crippen LogP) is 2.66. The molecule has 0 aromatic carbocycles. The highest BCUT2D eigenvalue weighted by molar-refractivity contribution is 5.79. The fraction of sp³-hybridized carbons (Fsp3) is 0.909. The topological polar surface area (TPSA) is 26.3 Å². The average Bonchev–Trinajstić information content (AvgIpc) is 2.45. The molecular weight excluding hydrogens is 164 g/mol. The van der Waals surface area contributed by atoms with Crippen molar-refractivity contribution in [3.63, 3.8) is 0 Å². The zero-order chi connectivity index (χ0) is 9.31. The summed E-state index contributed by atoms with van der Waals surface area (Å²) in [6.45, 7) is 2.10. The van der Waals surface area contributed by atoms with Crippen LogP contribution in [0.25, 0.3) is 0 Å². The van der Waals surface area contributed by atoms with E-state index in [-0.39, 0.29) is 17.5 Å². The van der Waals surface area contributed by atoms with E-state index in [0.717, 1.165) is 25.7 Å². The Morgan fingerprint density at radius 2 is 2.08 bits per heavy atom. The summed E-state index contributed by atoms with van der Waals surface area (Å²) >= 11 is 0. The first kappa shape index (κ1) is 9.04. The quantitative estimate of drug-likeness (QED) is 0.583. The molecule has 0 aromatic heterocycles. The molecule has 1 spiro atoms. The summed E-state index contributed by atoms with van der Waals surface area (Å²) in [4.78, 5) is 11.7. The van der Waals surface area contributed by atoms with Crippen molar-refractivity contribution in [2.75, 3.05) is 0 Å². The molecule has 2 fully saturated rings. The number of esters is 1. The molecule has 0 amide bonds. The Hall–Kier alpha value is -0.530. The van der Waals surface area contributed by atoms with Crippen molar-refractivity contribution >= 4 is 5.97 Å². The minimum Gasteiger partial charge on any atom is -0.462 e. The van der Waals surface area contributed by atoms with E-state index in [1.165, 1.54) is 19.3 Å². The Morgan fingerprint density at radius 3 is 2.62 bits per heavy atom. The van der Waals surface area contributed by atoms with Gasteiger partial charge in [0.05, 0.1) is 5.41 Å². The molecule has 1 saturated heterocycles. The van der Waals surface area contributed by atoms with Crippen molar-refractivity contribution in [1.29, 1.82) is 0 Å². The monoisotopic (exact) mass is 182 g/mol. The van der Waals surface area contributed by atoms with Gasteiger partial charge in [0.2, 0.25) is 0 Å². The molecule has 1 unspecified atom stereocenters. The van der Waals surface area contributed by atoms with E-state index in [4.69, 9.17) is 4.74 Å². The summed E-state index contributed by atoms with van der Waals surface area (Å²) in [6, 6.07) is 0. The Bertz CT molecular complexity index is 204. The zero-order valence-corrected chi connectivity index (χ0v) is 8.34. The van der Waals surface area contributed by atoms with Crippen LogP contribution in [-0.2, 0) is 9.53 Å². The van der Waals surface area contributed by atoms with Gasteiger partial charge in [0.15, 0.2) is 0 Å². The lowest BCUT2D eigenvalue weighted by Crippen LogP contribution is -2.28. The van der Waals surface area contributed by atoms with E-state index in [1.807, 2.05) is 0 Å².